The fraction of sp³-hybridized carbons (Fsp3) is 0.316. The largest absolute Gasteiger partial charge is 0.418 e. The van der Waals surface area contributed by atoms with Crippen LogP contribution in [0.4, 0.5) is 24.5 Å². The molecule has 0 fully saturated rings. The van der Waals surface area contributed by atoms with Crippen LogP contribution in [-0.4, -0.2) is 11.9 Å². The van der Waals surface area contributed by atoms with Gasteiger partial charge in [-0.1, -0.05) is 37.6 Å². The van der Waals surface area contributed by atoms with Crippen molar-refractivity contribution in [1.29, 1.82) is 0 Å². The number of carbonyl (C=O) groups is 1. The van der Waals surface area contributed by atoms with Gasteiger partial charge in [-0.3, -0.25) is 4.79 Å². The highest BCUT2D eigenvalue weighted by Gasteiger charge is 2.34. The Morgan fingerprint density at radius 1 is 1.04 bits per heavy atom. The van der Waals surface area contributed by atoms with Crippen molar-refractivity contribution >= 4 is 28.9 Å². The highest BCUT2D eigenvalue weighted by atomic mass is 35.5. The first-order valence-electron chi connectivity index (χ1n) is 8.12. The van der Waals surface area contributed by atoms with E-state index in [0.717, 1.165) is 17.7 Å². The minimum Gasteiger partial charge on any atom is -0.374 e. The zero-order chi connectivity index (χ0) is 19.5. The third-order valence-electron chi connectivity index (χ3n) is 3.90. The van der Waals surface area contributed by atoms with Gasteiger partial charge < -0.3 is 10.6 Å². The summed E-state index contributed by atoms with van der Waals surface area (Å²) in [5.74, 6) is -0.193. The van der Waals surface area contributed by atoms with Gasteiger partial charge >= 0.3 is 6.18 Å². The summed E-state index contributed by atoms with van der Waals surface area (Å²) >= 11 is 5.64. The van der Waals surface area contributed by atoms with E-state index in [1.807, 2.05) is 24.3 Å². The van der Waals surface area contributed by atoms with E-state index in [4.69, 9.17) is 11.6 Å². The number of rotatable bonds is 5. The lowest BCUT2D eigenvalue weighted by atomic mass is 10.0. The van der Waals surface area contributed by atoms with E-state index in [1.165, 1.54) is 6.07 Å². The van der Waals surface area contributed by atoms with Gasteiger partial charge in [-0.15, -0.1) is 0 Å². The molecule has 1 unspecified atom stereocenters. The average Bonchev–Trinajstić information content (AvgIpc) is 2.56. The summed E-state index contributed by atoms with van der Waals surface area (Å²) in [5, 5.41) is 5.24. The van der Waals surface area contributed by atoms with Crippen LogP contribution in [0, 0.1) is 0 Å². The smallest absolute Gasteiger partial charge is 0.374 e. The molecular formula is C19H20ClF3N2O. The second-order valence-electron chi connectivity index (χ2n) is 6.32. The summed E-state index contributed by atoms with van der Waals surface area (Å²) in [6.45, 7) is 5.72. The lowest BCUT2D eigenvalue weighted by Crippen LogP contribution is -2.32. The molecule has 26 heavy (non-hydrogen) atoms. The lowest BCUT2D eigenvalue weighted by molar-refractivity contribution is -0.137. The third kappa shape index (κ3) is 5.14. The highest BCUT2D eigenvalue weighted by Crippen LogP contribution is 2.36. The first kappa shape index (κ1) is 20.1. The number of alkyl halides is 3. The number of benzene rings is 2. The maximum atomic E-state index is 13.1. The molecule has 0 aliphatic heterocycles. The lowest BCUT2D eigenvalue weighted by Gasteiger charge is -2.18. The van der Waals surface area contributed by atoms with Crippen LogP contribution >= 0.6 is 11.6 Å². The monoisotopic (exact) mass is 384 g/mol. The highest BCUT2D eigenvalue weighted by molar-refractivity contribution is 6.30. The second-order valence-corrected chi connectivity index (χ2v) is 6.76. The number of carbonyl (C=O) groups excluding carboxylic acids is 1. The van der Waals surface area contributed by atoms with Gasteiger partial charge in [-0.2, -0.15) is 13.2 Å². The summed E-state index contributed by atoms with van der Waals surface area (Å²) in [4.78, 5) is 12.3. The van der Waals surface area contributed by atoms with E-state index in [1.54, 1.807) is 6.92 Å². The summed E-state index contributed by atoms with van der Waals surface area (Å²) in [5.41, 5.74) is 0.565. The quantitative estimate of drug-likeness (QED) is 0.671. The number of nitrogens with one attached hydrogen (secondary N) is 2. The average molecular weight is 385 g/mol. The molecule has 0 heterocycles. The Kier molecular flexibility index (Phi) is 6.18. The number of hydrogen-bond donors (Lipinski definition) is 2. The minimum absolute atomic E-state index is 0.0493. The number of halogens is 4. The standard InChI is InChI=1S/C19H20ClF3N2O/c1-11(2)13-4-7-15(8-5-13)24-12(3)18(26)25-17-9-6-14(20)10-16(17)19(21,22)23/h4-12,24H,1-3H3,(H,25,26). The van der Waals surface area contributed by atoms with E-state index in [2.05, 4.69) is 24.5 Å². The first-order valence-corrected chi connectivity index (χ1v) is 8.50. The molecule has 2 aromatic rings. The van der Waals surface area contributed by atoms with Gasteiger partial charge in [0.05, 0.1) is 11.3 Å². The van der Waals surface area contributed by atoms with Crippen LogP contribution in [0.3, 0.4) is 0 Å². The number of hydrogen-bond acceptors (Lipinski definition) is 2. The van der Waals surface area contributed by atoms with Crippen molar-refractivity contribution in [2.75, 3.05) is 10.6 Å². The van der Waals surface area contributed by atoms with Crippen molar-refractivity contribution in [2.24, 2.45) is 0 Å². The van der Waals surface area contributed by atoms with Gasteiger partial charge in [-0.05, 0) is 48.7 Å². The molecule has 0 aromatic heterocycles. The Bertz CT molecular complexity index is 773. The molecule has 7 heteroatoms. The van der Waals surface area contributed by atoms with Gasteiger partial charge in [0, 0.05) is 10.7 Å². The summed E-state index contributed by atoms with van der Waals surface area (Å²) < 4.78 is 39.3. The van der Waals surface area contributed by atoms with Crippen molar-refractivity contribution in [2.45, 2.75) is 38.9 Å². The van der Waals surface area contributed by atoms with Gasteiger partial charge in [-0.25, -0.2) is 0 Å². The Hall–Kier alpha value is -2.21. The molecule has 2 rings (SSSR count). The van der Waals surface area contributed by atoms with Gasteiger partial charge in [0.25, 0.3) is 0 Å². The van der Waals surface area contributed by atoms with E-state index < -0.39 is 23.7 Å². The van der Waals surface area contributed by atoms with Crippen molar-refractivity contribution in [3.8, 4) is 0 Å². The Morgan fingerprint density at radius 2 is 1.65 bits per heavy atom. The molecule has 0 bridgehead atoms. The van der Waals surface area contributed by atoms with Gasteiger partial charge in [0.15, 0.2) is 0 Å². The molecule has 140 valence electrons. The normalized spacial score (nSPS) is 12.8. The molecular weight excluding hydrogens is 365 g/mol. The molecule has 3 nitrogen and oxygen atoms in total. The first-order chi connectivity index (χ1) is 12.1. The Morgan fingerprint density at radius 3 is 2.19 bits per heavy atom. The van der Waals surface area contributed by atoms with Crippen LogP contribution in [0.2, 0.25) is 5.02 Å². The molecule has 0 spiro atoms. The van der Waals surface area contributed by atoms with E-state index in [-0.39, 0.29) is 10.7 Å². The van der Waals surface area contributed by atoms with Crippen molar-refractivity contribution in [3.63, 3.8) is 0 Å². The second kappa shape index (κ2) is 7.99. The molecule has 2 aromatic carbocycles. The summed E-state index contributed by atoms with van der Waals surface area (Å²) in [6.07, 6.45) is -4.61. The molecule has 0 saturated heterocycles. The predicted molar refractivity (Wildman–Crippen MR) is 98.7 cm³/mol. The SMILES string of the molecule is CC(Nc1ccc(C(C)C)cc1)C(=O)Nc1ccc(Cl)cc1C(F)(F)F. The molecule has 0 aliphatic rings. The van der Waals surface area contributed by atoms with E-state index >= 15 is 0 Å². The van der Waals surface area contributed by atoms with Crippen molar-refractivity contribution in [3.05, 3.63) is 58.6 Å². The molecule has 1 atom stereocenters. The maximum absolute atomic E-state index is 13.1. The van der Waals surface area contributed by atoms with Crippen LogP contribution in [0.1, 0.15) is 37.8 Å². The predicted octanol–water partition coefficient (Wildman–Crippen LogP) is 5.92. The van der Waals surface area contributed by atoms with Crippen LogP contribution in [-0.2, 0) is 11.0 Å². The maximum Gasteiger partial charge on any atom is 0.418 e. The van der Waals surface area contributed by atoms with Crippen molar-refractivity contribution < 1.29 is 18.0 Å². The zero-order valence-corrected chi connectivity index (χ0v) is 15.4. The van der Waals surface area contributed by atoms with Crippen LogP contribution < -0.4 is 10.6 Å². The third-order valence-corrected chi connectivity index (χ3v) is 4.13. The summed E-state index contributed by atoms with van der Waals surface area (Å²) in [7, 11) is 0. The molecule has 0 saturated carbocycles. The fourth-order valence-electron chi connectivity index (χ4n) is 2.38. The van der Waals surface area contributed by atoms with Crippen LogP contribution in [0.25, 0.3) is 0 Å². The van der Waals surface area contributed by atoms with Crippen molar-refractivity contribution in [1.82, 2.24) is 0 Å². The topological polar surface area (TPSA) is 41.1 Å². The zero-order valence-electron chi connectivity index (χ0n) is 14.6. The van der Waals surface area contributed by atoms with E-state index in [9.17, 15) is 18.0 Å². The Labute approximate surface area is 155 Å². The molecule has 1 amide bonds. The van der Waals surface area contributed by atoms with Gasteiger partial charge in [0.1, 0.15) is 6.04 Å². The summed E-state index contributed by atoms with van der Waals surface area (Å²) in [6, 6.07) is 10.1. The molecule has 0 radical (unpaired) electrons. The minimum atomic E-state index is -4.61. The number of amides is 1. The fourth-order valence-corrected chi connectivity index (χ4v) is 2.55. The molecule has 2 N–H and O–H groups in total. The number of anilines is 2. The Balaban J connectivity index is 2.10. The molecule has 0 aliphatic carbocycles. The van der Waals surface area contributed by atoms with Crippen LogP contribution in [0.15, 0.2) is 42.5 Å². The van der Waals surface area contributed by atoms with Crippen LogP contribution in [0.5, 0.6) is 0 Å². The van der Waals surface area contributed by atoms with Gasteiger partial charge in [0.2, 0.25) is 5.91 Å². The van der Waals surface area contributed by atoms with E-state index in [0.29, 0.717) is 11.6 Å².